The van der Waals surface area contributed by atoms with Crippen LogP contribution in [0.3, 0.4) is 0 Å². The van der Waals surface area contributed by atoms with Crippen LogP contribution in [-0.2, 0) is 52.6 Å². The maximum atomic E-state index is 14.4. The first kappa shape index (κ1) is 30.6. The molecule has 1 fully saturated rings. The van der Waals surface area contributed by atoms with Crippen molar-refractivity contribution in [2.24, 2.45) is 0 Å². The molecule has 1 N–H and O–H groups in total. The molecule has 0 bridgehead atoms. The number of hydrogen-bond acceptors (Lipinski definition) is 8. The number of aliphatic hydroxyl groups excluding tert-OH is 1. The Labute approximate surface area is 236 Å². The molecule has 40 heavy (non-hydrogen) atoms. The summed E-state index contributed by atoms with van der Waals surface area (Å²) in [4.78, 5) is 0. The lowest BCUT2D eigenvalue weighted by molar-refractivity contribution is -0.185. The highest BCUT2D eigenvalue weighted by Crippen LogP contribution is 2.62. The molecule has 1 aliphatic rings. The number of ether oxygens (including phenoxy) is 5. The Morgan fingerprint density at radius 1 is 0.725 bits per heavy atom. The monoisotopic (exact) mass is 570 g/mol. The fourth-order valence-corrected chi connectivity index (χ4v) is 7.00. The molecular formula is C31H39O8P. The van der Waals surface area contributed by atoms with E-state index in [0.29, 0.717) is 6.61 Å². The van der Waals surface area contributed by atoms with Gasteiger partial charge < -0.3 is 33.3 Å². The molecule has 5 atom stereocenters. The van der Waals surface area contributed by atoms with Crippen molar-refractivity contribution in [3.8, 4) is 0 Å². The summed E-state index contributed by atoms with van der Waals surface area (Å²) >= 11 is 0. The minimum atomic E-state index is -4.00. The molecule has 0 aliphatic carbocycles. The van der Waals surface area contributed by atoms with E-state index in [1.807, 2.05) is 91.0 Å². The molecule has 1 saturated heterocycles. The Morgan fingerprint density at radius 3 is 1.65 bits per heavy atom. The molecule has 5 unspecified atom stereocenters. The summed E-state index contributed by atoms with van der Waals surface area (Å²) in [5.41, 5.74) is 2.83. The van der Waals surface area contributed by atoms with E-state index in [-0.39, 0.29) is 33.0 Å². The predicted octanol–water partition coefficient (Wildman–Crippen LogP) is 5.73. The first-order chi connectivity index (χ1) is 19.5. The Bertz CT molecular complexity index is 1160. The quantitative estimate of drug-likeness (QED) is 0.183. The lowest BCUT2D eigenvalue weighted by Crippen LogP contribution is -2.55. The molecule has 1 aliphatic heterocycles. The van der Waals surface area contributed by atoms with Gasteiger partial charge in [0, 0.05) is 13.2 Å². The maximum Gasteiger partial charge on any atom is 0.288 e. The van der Waals surface area contributed by atoms with Crippen molar-refractivity contribution >= 4 is 7.37 Å². The average Bonchev–Trinajstić information content (AvgIpc) is 2.99. The SMILES string of the molecule is CCOC(OCC)P1(=O)OC(COCc2ccccc2)C(OCc2ccccc2)C(OCc2ccccc2)C1O. The van der Waals surface area contributed by atoms with Gasteiger partial charge in [0.2, 0.25) is 6.03 Å². The van der Waals surface area contributed by atoms with Crippen LogP contribution in [-0.4, -0.2) is 55.1 Å². The van der Waals surface area contributed by atoms with Crippen LogP contribution < -0.4 is 0 Å². The van der Waals surface area contributed by atoms with Crippen LogP contribution >= 0.6 is 7.37 Å². The van der Waals surface area contributed by atoms with Crippen molar-refractivity contribution in [1.29, 1.82) is 0 Å². The van der Waals surface area contributed by atoms with Crippen LogP contribution in [0, 0.1) is 0 Å². The molecule has 1 heterocycles. The summed E-state index contributed by atoms with van der Waals surface area (Å²) in [5, 5.41) is 11.6. The Morgan fingerprint density at radius 2 is 1.18 bits per heavy atom. The summed E-state index contributed by atoms with van der Waals surface area (Å²) in [6, 6.07) is 27.8. The van der Waals surface area contributed by atoms with Gasteiger partial charge in [0.15, 0.2) is 5.85 Å². The topological polar surface area (TPSA) is 92.7 Å². The van der Waals surface area contributed by atoms with Crippen LogP contribution in [0.25, 0.3) is 0 Å². The third-order valence-corrected chi connectivity index (χ3v) is 9.05. The van der Waals surface area contributed by atoms with Crippen molar-refractivity contribution < 1.29 is 37.9 Å². The van der Waals surface area contributed by atoms with Crippen molar-refractivity contribution in [3.05, 3.63) is 108 Å². The van der Waals surface area contributed by atoms with E-state index in [1.54, 1.807) is 13.8 Å². The number of aliphatic hydroxyl groups is 1. The lowest BCUT2D eigenvalue weighted by atomic mass is 10.1. The van der Waals surface area contributed by atoms with Gasteiger partial charge in [-0.15, -0.1) is 0 Å². The second-order valence-electron chi connectivity index (χ2n) is 9.44. The van der Waals surface area contributed by atoms with Crippen molar-refractivity contribution in [2.45, 2.75) is 63.9 Å². The highest BCUT2D eigenvalue weighted by molar-refractivity contribution is 7.60. The molecule has 0 aromatic heterocycles. The van der Waals surface area contributed by atoms with Crippen LogP contribution in [0.2, 0.25) is 0 Å². The van der Waals surface area contributed by atoms with E-state index in [2.05, 4.69) is 0 Å². The molecule has 9 heteroatoms. The van der Waals surface area contributed by atoms with Crippen molar-refractivity contribution in [3.63, 3.8) is 0 Å². The number of benzene rings is 3. The van der Waals surface area contributed by atoms with Crippen molar-refractivity contribution in [1.82, 2.24) is 0 Å². The highest BCUT2D eigenvalue weighted by Gasteiger charge is 2.57. The van der Waals surface area contributed by atoms with Gasteiger partial charge in [0.25, 0.3) is 7.37 Å². The molecule has 0 spiro atoms. The summed E-state index contributed by atoms with van der Waals surface area (Å²) < 4.78 is 50.7. The molecule has 0 saturated carbocycles. The molecular weight excluding hydrogens is 531 g/mol. The van der Waals surface area contributed by atoms with Crippen LogP contribution in [0.15, 0.2) is 91.0 Å². The molecule has 8 nitrogen and oxygen atoms in total. The zero-order valence-corrected chi connectivity index (χ0v) is 23.9. The zero-order chi connectivity index (χ0) is 28.2. The minimum Gasteiger partial charge on any atom is -0.380 e. The fourth-order valence-electron chi connectivity index (χ4n) is 4.54. The van der Waals surface area contributed by atoms with E-state index in [4.69, 9.17) is 28.2 Å². The fraction of sp³-hybridized carbons (Fsp3) is 0.419. The molecule has 3 aromatic carbocycles. The molecule has 216 valence electrons. The standard InChI is InChI=1S/C31H39O8P/c1-3-35-31(36-4-2)40(33)30(32)29(38-22-26-18-12-7-13-19-26)28(37-21-25-16-10-6-11-17-25)27(39-40)23-34-20-24-14-8-5-9-15-24/h5-19,27-32H,3-4,20-23H2,1-2H3. The number of rotatable bonds is 15. The first-order valence-electron chi connectivity index (χ1n) is 13.7. The Hall–Kier alpha value is -2.39. The Balaban J connectivity index is 1.62. The lowest BCUT2D eigenvalue weighted by Gasteiger charge is -2.45. The van der Waals surface area contributed by atoms with Crippen LogP contribution in [0.1, 0.15) is 30.5 Å². The van der Waals surface area contributed by atoms with Gasteiger partial charge in [0.1, 0.15) is 18.3 Å². The van der Waals surface area contributed by atoms with Gasteiger partial charge in [0.05, 0.1) is 26.4 Å². The third-order valence-electron chi connectivity index (χ3n) is 6.53. The van der Waals surface area contributed by atoms with E-state index < -0.39 is 37.6 Å². The van der Waals surface area contributed by atoms with Gasteiger partial charge in [-0.25, -0.2) is 0 Å². The first-order valence-corrected chi connectivity index (χ1v) is 15.4. The van der Waals surface area contributed by atoms with E-state index in [1.165, 1.54) is 0 Å². The highest BCUT2D eigenvalue weighted by atomic mass is 31.2. The minimum absolute atomic E-state index is 0.0568. The molecule has 3 aromatic rings. The molecule has 4 rings (SSSR count). The van der Waals surface area contributed by atoms with E-state index in [9.17, 15) is 9.67 Å². The summed E-state index contributed by atoms with van der Waals surface area (Å²) in [7, 11) is -4.00. The zero-order valence-electron chi connectivity index (χ0n) is 23.0. The summed E-state index contributed by atoms with van der Waals surface area (Å²) in [6.07, 6.45) is -2.62. The van der Waals surface area contributed by atoms with Gasteiger partial charge in [-0.1, -0.05) is 91.0 Å². The normalized spacial score (nSPS) is 24.8. The summed E-state index contributed by atoms with van der Waals surface area (Å²) in [6.45, 7) is 4.79. The van der Waals surface area contributed by atoms with Crippen LogP contribution in [0.4, 0.5) is 0 Å². The average molecular weight is 571 g/mol. The van der Waals surface area contributed by atoms with Gasteiger partial charge in [-0.05, 0) is 30.5 Å². The van der Waals surface area contributed by atoms with E-state index in [0.717, 1.165) is 16.7 Å². The molecule has 0 amide bonds. The summed E-state index contributed by atoms with van der Waals surface area (Å²) in [5.74, 6) is -1.55. The second kappa shape index (κ2) is 15.6. The third kappa shape index (κ3) is 8.09. The van der Waals surface area contributed by atoms with Crippen molar-refractivity contribution in [2.75, 3.05) is 19.8 Å². The number of hydrogen-bond donors (Lipinski definition) is 1. The van der Waals surface area contributed by atoms with E-state index >= 15 is 0 Å². The largest absolute Gasteiger partial charge is 0.380 e. The van der Waals surface area contributed by atoms with Gasteiger partial charge in [-0.3, -0.25) is 4.57 Å². The van der Waals surface area contributed by atoms with Crippen LogP contribution in [0.5, 0.6) is 0 Å². The molecule has 0 radical (unpaired) electrons. The smallest absolute Gasteiger partial charge is 0.288 e. The predicted molar refractivity (Wildman–Crippen MR) is 152 cm³/mol. The van der Waals surface area contributed by atoms with Gasteiger partial charge in [-0.2, -0.15) is 0 Å². The van der Waals surface area contributed by atoms with Gasteiger partial charge >= 0.3 is 0 Å². The Kier molecular flexibility index (Phi) is 11.9. The second-order valence-corrected chi connectivity index (χ2v) is 11.9. The maximum absolute atomic E-state index is 14.4.